The highest BCUT2D eigenvalue weighted by Crippen LogP contribution is 2.20. The number of nitrogens with zero attached hydrogens (tertiary/aromatic N) is 3. The smallest absolute Gasteiger partial charge is 0.254 e. The first kappa shape index (κ1) is 13.1. The van der Waals surface area contributed by atoms with Gasteiger partial charge in [-0.05, 0) is 18.2 Å². The number of rotatable bonds is 1. The number of piperazine rings is 1. The lowest BCUT2D eigenvalue weighted by atomic mass is 10.1. The molecule has 2 aromatic rings. The van der Waals surface area contributed by atoms with E-state index in [-0.39, 0.29) is 11.8 Å². The van der Waals surface area contributed by atoms with E-state index in [9.17, 15) is 9.59 Å². The Hall–Kier alpha value is -1.95. The van der Waals surface area contributed by atoms with Crippen LogP contribution in [0.25, 0.3) is 10.2 Å². The van der Waals surface area contributed by atoms with Crippen molar-refractivity contribution in [3.63, 3.8) is 0 Å². The predicted molar refractivity (Wildman–Crippen MR) is 77.8 cm³/mol. The number of hydrogen-bond donors (Lipinski definition) is 0. The van der Waals surface area contributed by atoms with E-state index in [1.165, 1.54) is 11.3 Å². The van der Waals surface area contributed by atoms with Gasteiger partial charge in [-0.25, -0.2) is 4.98 Å². The predicted octanol–water partition coefficient (Wildman–Crippen LogP) is 1.60. The van der Waals surface area contributed by atoms with Crippen molar-refractivity contribution in [2.45, 2.75) is 6.92 Å². The fourth-order valence-corrected chi connectivity index (χ4v) is 3.11. The Morgan fingerprint density at radius 3 is 2.55 bits per heavy atom. The summed E-state index contributed by atoms with van der Waals surface area (Å²) in [6, 6.07) is 5.60. The van der Waals surface area contributed by atoms with Crippen molar-refractivity contribution in [3.05, 3.63) is 29.3 Å². The molecule has 0 unspecified atom stereocenters. The van der Waals surface area contributed by atoms with Crippen LogP contribution in [0.5, 0.6) is 0 Å². The van der Waals surface area contributed by atoms with Crippen molar-refractivity contribution in [2.75, 3.05) is 26.2 Å². The summed E-state index contributed by atoms with van der Waals surface area (Å²) in [4.78, 5) is 31.5. The monoisotopic (exact) mass is 289 g/mol. The lowest BCUT2D eigenvalue weighted by Crippen LogP contribution is -2.50. The van der Waals surface area contributed by atoms with Crippen molar-refractivity contribution in [2.24, 2.45) is 0 Å². The summed E-state index contributed by atoms with van der Waals surface area (Å²) in [7, 11) is 0. The Bertz CT molecular complexity index is 659. The maximum Gasteiger partial charge on any atom is 0.254 e. The number of amides is 2. The molecule has 104 valence electrons. The van der Waals surface area contributed by atoms with Crippen molar-refractivity contribution < 1.29 is 9.59 Å². The second kappa shape index (κ2) is 5.20. The first-order chi connectivity index (χ1) is 9.65. The maximum atomic E-state index is 12.4. The van der Waals surface area contributed by atoms with Crippen LogP contribution >= 0.6 is 11.3 Å². The average molecular weight is 289 g/mol. The number of aromatic nitrogens is 1. The van der Waals surface area contributed by atoms with E-state index in [0.717, 1.165) is 10.2 Å². The maximum absolute atomic E-state index is 12.4. The van der Waals surface area contributed by atoms with Gasteiger partial charge in [0.25, 0.3) is 5.91 Å². The molecule has 20 heavy (non-hydrogen) atoms. The van der Waals surface area contributed by atoms with E-state index in [2.05, 4.69) is 4.98 Å². The second-order valence-electron chi connectivity index (χ2n) is 4.83. The van der Waals surface area contributed by atoms with Crippen LogP contribution in [0.4, 0.5) is 0 Å². The first-order valence-corrected chi connectivity index (χ1v) is 7.41. The fourth-order valence-electron chi connectivity index (χ4n) is 2.40. The molecule has 2 heterocycles. The van der Waals surface area contributed by atoms with Gasteiger partial charge in [-0.2, -0.15) is 0 Å². The molecular formula is C14H15N3O2S. The van der Waals surface area contributed by atoms with Gasteiger partial charge in [-0.15, -0.1) is 11.3 Å². The quantitative estimate of drug-likeness (QED) is 0.801. The number of benzene rings is 1. The third-order valence-electron chi connectivity index (χ3n) is 3.59. The number of carbonyl (C=O) groups is 2. The van der Waals surface area contributed by atoms with E-state index in [1.54, 1.807) is 17.3 Å². The third kappa shape index (κ3) is 2.38. The van der Waals surface area contributed by atoms with Gasteiger partial charge in [-0.3, -0.25) is 9.59 Å². The lowest BCUT2D eigenvalue weighted by molar-refractivity contribution is -0.130. The normalized spacial score (nSPS) is 15.7. The van der Waals surface area contributed by atoms with Gasteiger partial charge in [-0.1, -0.05) is 0 Å². The van der Waals surface area contributed by atoms with Crippen LogP contribution in [0.2, 0.25) is 0 Å². The molecular weight excluding hydrogens is 274 g/mol. The minimum absolute atomic E-state index is 0.0310. The molecule has 0 radical (unpaired) electrons. The number of carbonyl (C=O) groups excluding carboxylic acids is 2. The highest BCUT2D eigenvalue weighted by molar-refractivity contribution is 7.16. The Morgan fingerprint density at radius 1 is 1.15 bits per heavy atom. The van der Waals surface area contributed by atoms with Crippen molar-refractivity contribution in [3.8, 4) is 0 Å². The first-order valence-electron chi connectivity index (χ1n) is 6.53. The molecule has 1 saturated heterocycles. The molecule has 3 rings (SSSR count). The average Bonchev–Trinajstić information content (AvgIpc) is 2.94. The molecule has 6 heteroatoms. The summed E-state index contributed by atoms with van der Waals surface area (Å²) < 4.78 is 1.03. The van der Waals surface area contributed by atoms with Crippen LogP contribution < -0.4 is 0 Å². The molecule has 1 fully saturated rings. The highest BCUT2D eigenvalue weighted by atomic mass is 32.1. The summed E-state index contributed by atoms with van der Waals surface area (Å²) in [6.07, 6.45) is 0. The summed E-state index contributed by atoms with van der Waals surface area (Å²) >= 11 is 1.54. The van der Waals surface area contributed by atoms with Crippen LogP contribution in [-0.4, -0.2) is 52.8 Å². The standard InChI is InChI=1S/C14H15N3O2S/c1-10(18)16-4-6-17(7-5-16)14(19)11-2-3-12-13(8-11)20-9-15-12/h2-3,8-9H,4-7H2,1H3. The number of hydrogen-bond acceptors (Lipinski definition) is 4. The highest BCUT2D eigenvalue weighted by Gasteiger charge is 2.23. The largest absolute Gasteiger partial charge is 0.339 e. The molecule has 1 aliphatic heterocycles. The molecule has 1 aliphatic rings. The van der Waals surface area contributed by atoms with Gasteiger partial charge in [0.2, 0.25) is 5.91 Å². The molecule has 0 bridgehead atoms. The molecule has 5 nitrogen and oxygen atoms in total. The topological polar surface area (TPSA) is 53.5 Å². The molecule has 1 aromatic carbocycles. The van der Waals surface area contributed by atoms with Gasteiger partial charge in [0.15, 0.2) is 0 Å². The van der Waals surface area contributed by atoms with E-state index in [0.29, 0.717) is 31.7 Å². The Balaban J connectivity index is 1.74. The van der Waals surface area contributed by atoms with Crippen LogP contribution in [0.3, 0.4) is 0 Å². The Labute approximate surface area is 120 Å². The van der Waals surface area contributed by atoms with Crippen molar-refractivity contribution >= 4 is 33.4 Å². The summed E-state index contributed by atoms with van der Waals surface area (Å²) in [5, 5.41) is 0. The minimum atomic E-state index is 0.0310. The van der Waals surface area contributed by atoms with Gasteiger partial charge in [0.1, 0.15) is 0 Å². The van der Waals surface area contributed by atoms with Crippen LogP contribution in [0.1, 0.15) is 17.3 Å². The van der Waals surface area contributed by atoms with E-state index < -0.39 is 0 Å². The van der Waals surface area contributed by atoms with Crippen LogP contribution in [0, 0.1) is 0 Å². The summed E-state index contributed by atoms with van der Waals surface area (Å²) in [6.45, 7) is 3.99. The van der Waals surface area contributed by atoms with Crippen LogP contribution in [0.15, 0.2) is 23.7 Å². The van der Waals surface area contributed by atoms with Gasteiger partial charge >= 0.3 is 0 Å². The molecule has 0 N–H and O–H groups in total. The summed E-state index contributed by atoms with van der Waals surface area (Å²) in [5.41, 5.74) is 3.40. The molecule has 2 amide bonds. The van der Waals surface area contributed by atoms with E-state index in [4.69, 9.17) is 0 Å². The number of fused-ring (bicyclic) bond motifs is 1. The molecule has 0 spiro atoms. The van der Waals surface area contributed by atoms with Gasteiger partial charge < -0.3 is 9.80 Å². The van der Waals surface area contributed by atoms with E-state index in [1.807, 2.05) is 23.1 Å². The van der Waals surface area contributed by atoms with Crippen molar-refractivity contribution in [1.82, 2.24) is 14.8 Å². The Morgan fingerprint density at radius 2 is 1.85 bits per heavy atom. The van der Waals surface area contributed by atoms with E-state index >= 15 is 0 Å². The van der Waals surface area contributed by atoms with Crippen LogP contribution in [-0.2, 0) is 4.79 Å². The third-order valence-corrected chi connectivity index (χ3v) is 4.38. The summed E-state index contributed by atoms with van der Waals surface area (Å²) in [5.74, 6) is 0.103. The molecule has 0 saturated carbocycles. The fraction of sp³-hybridized carbons (Fsp3) is 0.357. The van der Waals surface area contributed by atoms with Gasteiger partial charge in [0, 0.05) is 38.7 Å². The Kier molecular flexibility index (Phi) is 3.40. The molecule has 0 atom stereocenters. The van der Waals surface area contributed by atoms with Gasteiger partial charge in [0.05, 0.1) is 15.7 Å². The molecule has 1 aromatic heterocycles. The zero-order valence-electron chi connectivity index (χ0n) is 11.2. The zero-order chi connectivity index (χ0) is 14.1. The zero-order valence-corrected chi connectivity index (χ0v) is 12.0. The number of thiazole rings is 1. The van der Waals surface area contributed by atoms with Crippen molar-refractivity contribution in [1.29, 1.82) is 0 Å². The molecule has 0 aliphatic carbocycles. The SMILES string of the molecule is CC(=O)N1CCN(C(=O)c2ccc3ncsc3c2)CC1. The lowest BCUT2D eigenvalue weighted by Gasteiger charge is -2.34. The minimum Gasteiger partial charge on any atom is -0.339 e. The second-order valence-corrected chi connectivity index (χ2v) is 5.72.